The fraction of sp³-hybridized carbons (Fsp3) is 0.571. The van der Waals surface area contributed by atoms with Crippen LogP contribution in [0.2, 0.25) is 0 Å². The number of hydrogen-bond donors (Lipinski definition) is 1. The largest absolute Gasteiger partial charge is 0.497 e. The summed E-state index contributed by atoms with van der Waals surface area (Å²) < 4.78 is 5.17. The molecule has 0 radical (unpaired) electrons. The predicted molar refractivity (Wildman–Crippen MR) is 71.8 cm³/mol. The Kier molecular flexibility index (Phi) is 3.89. The van der Waals surface area contributed by atoms with E-state index in [1.165, 1.54) is 5.69 Å². The first-order chi connectivity index (χ1) is 8.20. The van der Waals surface area contributed by atoms with E-state index in [0.29, 0.717) is 0 Å². The summed E-state index contributed by atoms with van der Waals surface area (Å²) in [5.74, 6) is 2.44. The van der Waals surface area contributed by atoms with Gasteiger partial charge in [-0.15, -0.1) is 0 Å². The number of hydrogen-bond acceptors (Lipinski definition) is 3. The van der Waals surface area contributed by atoms with E-state index >= 15 is 0 Å². The van der Waals surface area contributed by atoms with Gasteiger partial charge >= 0.3 is 0 Å². The number of benzene rings is 1. The van der Waals surface area contributed by atoms with Gasteiger partial charge in [0.15, 0.2) is 0 Å². The number of nitrogens with zero attached hydrogens (tertiary/aromatic N) is 1. The van der Waals surface area contributed by atoms with Gasteiger partial charge in [-0.2, -0.15) is 0 Å². The molecule has 2 rings (SSSR count). The van der Waals surface area contributed by atoms with E-state index in [1.807, 2.05) is 12.1 Å². The molecule has 0 saturated carbocycles. The van der Waals surface area contributed by atoms with Crippen molar-refractivity contribution in [2.24, 2.45) is 11.8 Å². The quantitative estimate of drug-likeness (QED) is 0.862. The maximum Gasteiger partial charge on any atom is 0.119 e. The van der Waals surface area contributed by atoms with Crippen molar-refractivity contribution in [2.45, 2.75) is 6.92 Å². The lowest BCUT2D eigenvalue weighted by molar-refractivity contribution is 0.414. The van der Waals surface area contributed by atoms with E-state index < -0.39 is 0 Å². The van der Waals surface area contributed by atoms with Crippen LogP contribution < -0.4 is 15.0 Å². The highest BCUT2D eigenvalue weighted by molar-refractivity contribution is 5.48. The van der Waals surface area contributed by atoms with Crippen molar-refractivity contribution in [2.75, 3.05) is 38.7 Å². The van der Waals surface area contributed by atoms with Gasteiger partial charge in [0.05, 0.1) is 7.11 Å². The molecule has 1 aliphatic heterocycles. The van der Waals surface area contributed by atoms with Gasteiger partial charge in [0.1, 0.15) is 5.75 Å². The summed E-state index contributed by atoms with van der Waals surface area (Å²) in [6.45, 7) is 5.73. The monoisotopic (exact) mass is 234 g/mol. The highest BCUT2D eigenvalue weighted by Gasteiger charge is 2.24. The van der Waals surface area contributed by atoms with Crippen molar-refractivity contribution >= 4 is 5.69 Å². The van der Waals surface area contributed by atoms with Crippen LogP contribution in [0, 0.1) is 11.8 Å². The zero-order chi connectivity index (χ0) is 12.3. The minimum atomic E-state index is 0.752. The molecule has 0 amide bonds. The van der Waals surface area contributed by atoms with Gasteiger partial charge in [0, 0.05) is 19.3 Å². The Morgan fingerprint density at radius 1 is 1.29 bits per heavy atom. The van der Waals surface area contributed by atoms with Crippen molar-refractivity contribution in [3.05, 3.63) is 24.3 Å². The lowest BCUT2D eigenvalue weighted by Crippen LogP contribution is -2.29. The predicted octanol–water partition coefficient (Wildman–Crippen LogP) is 1.99. The first-order valence-corrected chi connectivity index (χ1v) is 6.26. The molecule has 0 bridgehead atoms. The summed E-state index contributed by atoms with van der Waals surface area (Å²) in [7, 11) is 3.86. The fourth-order valence-electron chi connectivity index (χ4n) is 2.40. The van der Waals surface area contributed by atoms with Gasteiger partial charge in [-0.05, 0) is 49.2 Å². The molecular formula is C14H22N2O. The maximum atomic E-state index is 5.17. The van der Waals surface area contributed by atoms with Crippen molar-refractivity contribution in [1.29, 1.82) is 0 Å². The summed E-state index contributed by atoms with van der Waals surface area (Å²) in [5, 5.41) is 3.45. The molecule has 3 heteroatoms. The smallest absolute Gasteiger partial charge is 0.119 e. The third-order valence-electron chi connectivity index (χ3n) is 3.70. The first-order valence-electron chi connectivity index (χ1n) is 6.26. The van der Waals surface area contributed by atoms with Gasteiger partial charge in [0.2, 0.25) is 0 Å². The van der Waals surface area contributed by atoms with Gasteiger partial charge in [-0.1, -0.05) is 6.92 Å². The lowest BCUT2D eigenvalue weighted by atomic mass is 9.97. The van der Waals surface area contributed by atoms with Crippen molar-refractivity contribution in [3.8, 4) is 5.75 Å². The molecule has 1 aromatic rings. The average Bonchev–Trinajstić information content (AvgIpc) is 2.75. The molecule has 0 aromatic heterocycles. The summed E-state index contributed by atoms with van der Waals surface area (Å²) in [5.41, 5.74) is 1.25. The minimum absolute atomic E-state index is 0.752. The van der Waals surface area contributed by atoms with Crippen molar-refractivity contribution in [1.82, 2.24) is 5.32 Å². The van der Waals surface area contributed by atoms with Crippen LogP contribution in [0.1, 0.15) is 6.92 Å². The maximum absolute atomic E-state index is 5.17. The van der Waals surface area contributed by atoms with Crippen LogP contribution in [-0.4, -0.2) is 33.8 Å². The average molecular weight is 234 g/mol. The molecule has 0 aliphatic carbocycles. The third-order valence-corrected chi connectivity index (χ3v) is 3.70. The normalized spacial score (nSPS) is 23.7. The number of rotatable bonds is 4. The first kappa shape index (κ1) is 12.2. The van der Waals surface area contributed by atoms with Crippen molar-refractivity contribution in [3.63, 3.8) is 0 Å². The van der Waals surface area contributed by atoms with Gasteiger partial charge in [-0.25, -0.2) is 0 Å². The Balaban J connectivity index is 1.96. The molecule has 1 N–H and O–H groups in total. The summed E-state index contributed by atoms with van der Waals surface area (Å²) >= 11 is 0. The van der Waals surface area contributed by atoms with E-state index in [2.05, 4.69) is 36.3 Å². The summed E-state index contributed by atoms with van der Waals surface area (Å²) in [6.07, 6.45) is 0. The summed E-state index contributed by atoms with van der Waals surface area (Å²) in [6, 6.07) is 8.27. The molecule has 1 heterocycles. The van der Waals surface area contributed by atoms with Crippen LogP contribution in [0.3, 0.4) is 0 Å². The number of nitrogens with one attached hydrogen (secondary N) is 1. The lowest BCUT2D eigenvalue weighted by Gasteiger charge is -2.25. The van der Waals surface area contributed by atoms with E-state index in [9.17, 15) is 0 Å². The molecule has 1 fully saturated rings. The second-order valence-electron chi connectivity index (χ2n) is 4.97. The van der Waals surface area contributed by atoms with Crippen LogP contribution >= 0.6 is 0 Å². The van der Waals surface area contributed by atoms with Crippen molar-refractivity contribution < 1.29 is 4.74 Å². The molecule has 1 aromatic carbocycles. The Hall–Kier alpha value is -1.22. The fourth-order valence-corrected chi connectivity index (χ4v) is 2.40. The molecule has 17 heavy (non-hydrogen) atoms. The zero-order valence-corrected chi connectivity index (χ0v) is 10.9. The Bertz CT molecular complexity index is 350. The standard InChI is InChI=1S/C14H22N2O/c1-11-8-15-9-12(11)10-16(2)13-4-6-14(17-3)7-5-13/h4-7,11-12,15H,8-10H2,1-3H3/t11-,12+/m1/s1. The third kappa shape index (κ3) is 2.91. The van der Waals surface area contributed by atoms with E-state index in [0.717, 1.165) is 37.2 Å². The molecular weight excluding hydrogens is 212 g/mol. The Labute approximate surface area is 104 Å². The van der Waals surface area contributed by atoms with Crippen LogP contribution in [0.25, 0.3) is 0 Å². The molecule has 1 saturated heterocycles. The molecule has 2 atom stereocenters. The number of methoxy groups -OCH3 is 1. The second-order valence-corrected chi connectivity index (χ2v) is 4.97. The number of anilines is 1. The SMILES string of the molecule is COc1ccc(N(C)C[C@@H]2CNC[C@H]2C)cc1. The molecule has 94 valence electrons. The van der Waals surface area contributed by atoms with Gasteiger partial charge in [-0.3, -0.25) is 0 Å². The van der Waals surface area contributed by atoms with Gasteiger partial charge in [0.25, 0.3) is 0 Å². The van der Waals surface area contributed by atoms with E-state index in [-0.39, 0.29) is 0 Å². The van der Waals surface area contributed by atoms with Crippen LogP contribution in [0.4, 0.5) is 5.69 Å². The van der Waals surface area contributed by atoms with Crippen LogP contribution in [0.5, 0.6) is 5.75 Å². The van der Waals surface area contributed by atoms with Crippen LogP contribution in [-0.2, 0) is 0 Å². The minimum Gasteiger partial charge on any atom is -0.497 e. The van der Waals surface area contributed by atoms with E-state index in [1.54, 1.807) is 7.11 Å². The number of ether oxygens (including phenoxy) is 1. The highest BCUT2D eigenvalue weighted by atomic mass is 16.5. The Morgan fingerprint density at radius 2 is 2.00 bits per heavy atom. The molecule has 0 spiro atoms. The Morgan fingerprint density at radius 3 is 2.53 bits per heavy atom. The molecule has 1 aliphatic rings. The molecule has 0 unspecified atom stereocenters. The zero-order valence-electron chi connectivity index (χ0n) is 10.9. The molecule has 3 nitrogen and oxygen atoms in total. The second kappa shape index (κ2) is 5.41. The van der Waals surface area contributed by atoms with Gasteiger partial charge < -0.3 is 15.0 Å². The summed E-state index contributed by atoms with van der Waals surface area (Å²) in [4.78, 5) is 2.33. The van der Waals surface area contributed by atoms with E-state index in [4.69, 9.17) is 4.74 Å². The van der Waals surface area contributed by atoms with Crippen LogP contribution in [0.15, 0.2) is 24.3 Å². The topological polar surface area (TPSA) is 24.5 Å². The highest BCUT2D eigenvalue weighted by Crippen LogP contribution is 2.22.